The Labute approximate surface area is 175 Å². The molecule has 0 radical (unpaired) electrons. The van der Waals surface area contributed by atoms with Crippen molar-refractivity contribution in [3.8, 4) is 0 Å². The molecule has 5 rings (SSSR count). The summed E-state index contributed by atoms with van der Waals surface area (Å²) >= 11 is 1.38. The lowest BCUT2D eigenvalue weighted by Gasteiger charge is -2.04. The number of nitrogens with one attached hydrogen (secondary N) is 1. The van der Waals surface area contributed by atoms with Crippen LogP contribution >= 0.6 is 11.3 Å². The Hall–Kier alpha value is -3.52. The molecule has 0 aliphatic heterocycles. The zero-order chi connectivity index (χ0) is 20.8. The van der Waals surface area contributed by atoms with E-state index in [1.807, 2.05) is 17.7 Å². The van der Waals surface area contributed by atoms with Gasteiger partial charge in [-0.15, -0.1) is 11.3 Å². The van der Waals surface area contributed by atoms with Crippen LogP contribution in [0.5, 0.6) is 0 Å². The lowest BCUT2D eigenvalue weighted by Crippen LogP contribution is -2.10. The van der Waals surface area contributed by atoms with Crippen molar-refractivity contribution in [2.75, 3.05) is 5.32 Å². The van der Waals surface area contributed by atoms with Crippen molar-refractivity contribution < 1.29 is 13.6 Å². The SMILES string of the molecule is Cc1nc2cc(NC(=O)c3cc4c(C)nn(Cc5ccc(F)cc5)c4s3)ccc2o1. The molecule has 0 spiro atoms. The third-order valence-corrected chi connectivity index (χ3v) is 5.98. The molecule has 0 saturated heterocycles. The van der Waals surface area contributed by atoms with Crippen molar-refractivity contribution in [1.82, 2.24) is 14.8 Å². The number of rotatable bonds is 4. The van der Waals surface area contributed by atoms with Crippen molar-refractivity contribution >= 4 is 44.2 Å². The number of hydrogen-bond donors (Lipinski definition) is 1. The van der Waals surface area contributed by atoms with Crippen LogP contribution in [0.25, 0.3) is 21.3 Å². The van der Waals surface area contributed by atoms with Gasteiger partial charge in [0.05, 0.1) is 17.1 Å². The highest BCUT2D eigenvalue weighted by molar-refractivity contribution is 7.20. The van der Waals surface area contributed by atoms with E-state index in [0.29, 0.717) is 34.1 Å². The number of aromatic nitrogens is 3. The standard InChI is InChI=1S/C22H17FN4O2S/c1-12-17-10-20(21(28)25-16-7-8-19-18(9-16)24-13(2)29-19)30-22(17)27(26-12)11-14-3-5-15(23)6-4-14/h3-10H,11H2,1-2H3,(H,25,28). The van der Waals surface area contributed by atoms with Gasteiger partial charge in [0, 0.05) is 18.0 Å². The molecule has 1 N–H and O–H groups in total. The van der Waals surface area contributed by atoms with Crippen molar-refractivity contribution in [2.45, 2.75) is 20.4 Å². The van der Waals surface area contributed by atoms with E-state index in [1.165, 1.54) is 23.5 Å². The van der Waals surface area contributed by atoms with Gasteiger partial charge in [-0.05, 0) is 48.9 Å². The molecule has 0 aliphatic rings. The Kier molecular flexibility index (Phi) is 4.36. The van der Waals surface area contributed by atoms with Crippen LogP contribution < -0.4 is 5.32 Å². The number of carbonyl (C=O) groups is 1. The van der Waals surface area contributed by atoms with Crippen LogP contribution in [0.1, 0.15) is 26.8 Å². The van der Waals surface area contributed by atoms with Gasteiger partial charge in [0.15, 0.2) is 11.5 Å². The van der Waals surface area contributed by atoms with Crippen LogP contribution in [0.15, 0.2) is 52.9 Å². The zero-order valence-corrected chi connectivity index (χ0v) is 17.1. The van der Waals surface area contributed by atoms with Crippen LogP contribution in [-0.2, 0) is 6.54 Å². The highest BCUT2D eigenvalue weighted by Crippen LogP contribution is 2.30. The van der Waals surface area contributed by atoms with E-state index in [9.17, 15) is 9.18 Å². The van der Waals surface area contributed by atoms with Crippen LogP contribution in [-0.4, -0.2) is 20.7 Å². The summed E-state index contributed by atoms with van der Waals surface area (Å²) < 4.78 is 20.5. The van der Waals surface area contributed by atoms with E-state index in [1.54, 1.807) is 37.3 Å². The number of aryl methyl sites for hydroxylation is 2. The largest absolute Gasteiger partial charge is 0.441 e. The first-order valence-electron chi connectivity index (χ1n) is 9.36. The fourth-order valence-corrected chi connectivity index (χ4v) is 4.46. The van der Waals surface area contributed by atoms with Gasteiger partial charge in [0.1, 0.15) is 16.2 Å². The molecule has 1 amide bonds. The Morgan fingerprint density at radius 2 is 1.97 bits per heavy atom. The van der Waals surface area contributed by atoms with E-state index in [0.717, 1.165) is 21.5 Å². The number of oxazole rings is 1. The number of anilines is 1. The van der Waals surface area contributed by atoms with Crippen molar-refractivity contribution in [2.24, 2.45) is 0 Å². The van der Waals surface area contributed by atoms with Crippen molar-refractivity contribution in [3.63, 3.8) is 0 Å². The summed E-state index contributed by atoms with van der Waals surface area (Å²) in [6, 6.07) is 13.6. The molecule has 30 heavy (non-hydrogen) atoms. The molecule has 2 aromatic carbocycles. The summed E-state index contributed by atoms with van der Waals surface area (Å²) in [6.07, 6.45) is 0. The molecule has 0 bridgehead atoms. The van der Waals surface area contributed by atoms with Gasteiger partial charge in [-0.2, -0.15) is 5.10 Å². The van der Waals surface area contributed by atoms with E-state index in [-0.39, 0.29) is 11.7 Å². The number of benzene rings is 2. The van der Waals surface area contributed by atoms with E-state index < -0.39 is 0 Å². The highest BCUT2D eigenvalue weighted by atomic mass is 32.1. The highest BCUT2D eigenvalue weighted by Gasteiger charge is 2.17. The van der Waals surface area contributed by atoms with Crippen LogP contribution in [0, 0.1) is 19.7 Å². The summed E-state index contributed by atoms with van der Waals surface area (Å²) in [5, 5.41) is 8.43. The van der Waals surface area contributed by atoms with Gasteiger partial charge in [-0.25, -0.2) is 9.37 Å². The fraction of sp³-hybridized carbons (Fsp3) is 0.136. The van der Waals surface area contributed by atoms with Gasteiger partial charge in [0.2, 0.25) is 0 Å². The molecular weight excluding hydrogens is 403 g/mol. The molecule has 8 heteroatoms. The maximum atomic E-state index is 13.2. The number of carbonyl (C=O) groups excluding carboxylic acids is 1. The summed E-state index contributed by atoms with van der Waals surface area (Å²) in [7, 11) is 0. The third-order valence-electron chi connectivity index (χ3n) is 4.83. The Balaban J connectivity index is 1.42. The second kappa shape index (κ2) is 7.07. The van der Waals surface area contributed by atoms with Crippen molar-refractivity contribution in [3.05, 3.63) is 76.4 Å². The topological polar surface area (TPSA) is 73.0 Å². The molecule has 0 fully saturated rings. The predicted octanol–water partition coefficient (Wildman–Crippen LogP) is 5.30. The molecule has 0 unspecified atom stereocenters. The van der Waals surface area contributed by atoms with Crippen LogP contribution in [0.3, 0.4) is 0 Å². The maximum absolute atomic E-state index is 13.2. The average molecular weight is 420 g/mol. The molecule has 6 nitrogen and oxygen atoms in total. The summed E-state index contributed by atoms with van der Waals surface area (Å²) in [5.41, 5.74) is 3.83. The first-order chi connectivity index (χ1) is 14.5. The lowest BCUT2D eigenvalue weighted by atomic mass is 10.2. The molecule has 5 aromatic rings. The number of fused-ring (bicyclic) bond motifs is 2. The molecule has 3 aromatic heterocycles. The van der Waals surface area contributed by atoms with E-state index in [2.05, 4.69) is 15.4 Å². The van der Waals surface area contributed by atoms with Gasteiger partial charge < -0.3 is 9.73 Å². The van der Waals surface area contributed by atoms with Gasteiger partial charge in [-0.1, -0.05) is 12.1 Å². The summed E-state index contributed by atoms with van der Waals surface area (Å²) in [4.78, 5) is 18.6. The van der Waals surface area contributed by atoms with Gasteiger partial charge >= 0.3 is 0 Å². The zero-order valence-electron chi connectivity index (χ0n) is 16.3. The smallest absolute Gasteiger partial charge is 0.265 e. The quantitative estimate of drug-likeness (QED) is 0.428. The molecule has 0 aliphatic carbocycles. The number of amides is 1. The normalized spacial score (nSPS) is 11.4. The third kappa shape index (κ3) is 3.35. The molecule has 0 saturated carbocycles. The lowest BCUT2D eigenvalue weighted by molar-refractivity contribution is 0.103. The van der Waals surface area contributed by atoms with Gasteiger partial charge in [0.25, 0.3) is 5.91 Å². The number of nitrogens with zero attached hydrogens (tertiary/aromatic N) is 3. The minimum absolute atomic E-state index is 0.191. The van der Waals surface area contributed by atoms with Crippen molar-refractivity contribution in [1.29, 1.82) is 0 Å². The first kappa shape index (κ1) is 18.5. The van der Waals surface area contributed by atoms with Gasteiger partial charge in [-0.3, -0.25) is 9.48 Å². The van der Waals surface area contributed by atoms with Crippen LogP contribution in [0.4, 0.5) is 10.1 Å². The molecule has 150 valence electrons. The first-order valence-corrected chi connectivity index (χ1v) is 10.2. The Bertz CT molecular complexity index is 1400. The fourth-order valence-electron chi connectivity index (χ4n) is 3.41. The predicted molar refractivity (Wildman–Crippen MR) is 115 cm³/mol. The second-order valence-electron chi connectivity index (χ2n) is 7.07. The number of hydrogen-bond acceptors (Lipinski definition) is 5. The van der Waals surface area contributed by atoms with Crippen LogP contribution in [0.2, 0.25) is 0 Å². The van der Waals surface area contributed by atoms with E-state index >= 15 is 0 Å². The maximum Gasteiger partial charge on any atom is 0.265 e. The number of halogens is 1. The molecule has 0 atom stereocenters. The monoisotopic (exact) mass is 420 g/mol. The Morgan fingerprint density at radius 1 is 1.17 bits per heavy atom. The summed E-state index contributed by atoms with van der Waals surface area (Å²) in [5.74, 6) is 0.122. The second-order valence-corrected chi connectivity index (χ2v) is 8.10. The average Bonchev–Trinajstić information content (AvgIpc) is 3.38. The molecule has 3 heterocycles. The number of thiophene rings is 1. The summed E-state index contributed by atoms with van der Waals surface area (Å²) in [6.45, 7) is 4.21. The minimum Gasteiger partial charge on any atom is -0.441 e. The van der Waals surface area contributed by atoms with E-state index in [4.69, 9.17) is 4.42 Å². The molecular formula is C22H17FN4O2S. The Morgan fingerprint density at radius 3 is 2.77 bits per heavy atom. The minimum atomic E-state index is -0.269.